The average molecular weight is 176 g/mol. The second-order valence-electron chi connectivity index (χ2n) is 2.72. The van der Waals surface area contributed by atoms with Crippen LogP contribution in [0, 0.1) is 6.92 Å². The lowest BCUT2D eigenvalue weighted by molar-refractivity contribution is 0.403. The highest BCUT2D eigenvalue weighted by atomic mass is 16.5. The second kappa shape index (κ2) is 2.90. The molecule has 0 aliphatic heterocycles. The van der Waals surface area contributed by atoms with Crippen molar-refractivity contribution in [2.75, 3.05) is 0 Å². The van der Waals surface area contributed by atoms with Gasteiger partial charge in [0, 0.05) is 17.8 Å². The molecule has 0 fully saturated rings. The van der Waals surface area contributed by atoms with Gasteiger partial charge in [0.05, 0.1) is 6.20 Å². The first-order valence-electron chi connectivity index (χ1n) is 3.88. The van der Waals surface area contributed by atoms with Crippen molar-refractivity contribution < 1.29 is 4.52 Å². The highest BCUT2D eigenvalue weighted by Gasteiger charge is 2.03. The molecule has 0 aromatic carbocycles. The van der Waals surface area contributed by atoms with Crippen LogP contribution in [-0.2, 0) is 0 Å². The first-order valence-corrected chi connectivity index (χ1v) is 3.88. The summed E-state index contributed by atoms with van der Waals surface area (Å²) in [6.07, 6.45) is 3.15. The van der Waals surface area contributed by atoms with E-state index in [0.717, 1.165) is 0 Å². The zero-order valence-corrected chi connectivity index (χ0v) is 7.10. The number of aryl methyl sites for hydroxylation is 1. The van der Waals surface area contributed by atoms with Gasteiger partial charge in [-0.25, -0.2) is 0 Å². The molecule has 2 heterocycles. The molecule has 0 aliphatic carbocycles. The lowest BCUT2D eigenvalue weighted by Gasteiger charge is -1.99. The maximum Gasteiger partial charge on any atom is 0.260 e. The SMILES string of the molecule is Cc1cccn(-c2ccno2)c1=O. The molecule has 0 radical (unpaired) electrons. The largest absolute Gasteiger partial charge is 0.338 e. The van der Waals surface area contributed by atoms with Crippen LogP contribution in [0.1, 0.15) is 5.56 Å². The molecule has 0 saturated heterocycles. The summed E-state index contributed by atoms with van der Waals surface area (Å²) >= 11 is 0. The van der Waals surface area contributed by atoms with Crippen molar-refractivity contribution in [2.45, 2.75) is 6.92 Å². The van der Waals surface area contributed by atoms with E-state index >= 15 is 0 Å². The summed E-state index contributed by atoms with van der Waals surface area (Å²) in [6, 6.07) is 5.19. The summed E-state index contributed by atoms with van der Waals surface area (Å²) in [7, 11) is 0. The van der Waals surface area contributed by atoms with Gasteiger partial charge in [-0.15, -0.1) is 0 Å². The Bertz CT molecular complexity index is 457. The monoisotopic (exact) mass is 176 g/mol. The van der Waals surface area contributed by atoms with Crippen molar-refractivity contribution in [1.29, 1.82) is 0 Å². The van der Waals surface area contributed by atoms with Gasteiger partial charge < -0.3 is 4.52 Å². The fourth-order valence-electron chi connectivity index (χ4n) is 1.11. The minimum absolute atomic E-state index is 0.0840. The third-order valence-electron chi connectivity index (χ3n) is 1.80. The molecule has 2 aromatic rings. The van der Waals surface area contributed by atoms with Crippen LogP contribution in [0.3, 0.4) is 0 Å². The standard InChI is InChI=1S/C9H8N2O2/c1-7-3-2-6-11(9(7)12)8-4-5-10-13-8/h2-6H,1H3. The van der Waals surface area contributed by atoms with E-state index in [2.05, 4.69) is 5.16 Å². The van der Waals surface area contributed by atoms with Crippen LogP contribution >= 0.6 is 0 Å². The molecule has 0 atom stereocenters. The van der Waals surface area contributed by atoms with Gasteiger partial charge in [0.25, 0.3) is 5.56 Å². The van der Waals surface area contributed by atoms with Crippen LogP contribution in [0.25, 0.3) is 5.88 Å². The summed E-state index contributed by atoms with van der Waals surface area (Å²) in [5.41, 5.74) is 0.596. The average Bonchev–Trinajstić information content (AvgIpc) is 2.62. The molecule has 0 spiro atoms. The summed E-state index contributed by atoms with van der Waals surface area (Å²) < 4.78 is 6.29. The Morgan fingerprint density at radius 2 is 2.31 bits per heavy atom. The lowest BCUT2D eigenvalue weighted by Crippen LogP contribution is -2.18. The van der Waals surface area contributed by atoms with E-state index in [1.54, 1.807) is 31.3 Å². The van der Waals surface area contributed by atoms with Gasteiger partial charge in [-0.1, -0.05) is 11.2 Å². The van der Waals surface area contributed by atoms with Crippen LogP contribution in [0.15, 0.2) is 39.9 Å². The van der Waals surface area contributed by atoms with Crippen LogP contribution in [0.4, 0.5) is 0 Å². The maximum atomic E-state index is 11.5. The number of rotatable bonds is 1. The first-order chi connectivity index (χ1) is 6.29. The molecule has 0 aliphatic rings. The van der Waals surface area contributed by atoms with E-state index in [1.165, 1.54) is 10.8 Å². The Balaban J connectivity index is 2.66. The van der Waals surface area contributed by atoms with Crippen molar-refractivity contribution in [3.63, 3.8) is 0 Å². The van der Waals surface area contributed by atoms with Crippen LogP contribution in [0.2, 0.25) is 0 Å². The van der Waals surface area contributed by atoms with Crippen LogP contribution < -0.4 is 5.56 Å². The van der Waals surface area contributed by atoms with Crippen molar-refractivity contribution in [3.05, 3.63) is 46.5 Å². The number of aromatic nitrogens is 2. The third kappa shape index (κ3) is 1.26. The summed E-state index contributed by atoms with van der Waals surface area (Å²) in [4.78, 5) is 11.5. The number of pyridine rings is 1. The van der Waals surface area contributed by atoms with Gasteiger partial charge >= 0.3 is 0 Å². The second-order valence-corrected chi connectivity index (χ2v) is 2.72. The summed E-state index contributed by atoms with van der Waals surface area (Å²) in [5.74, 6) is 0.439. The molecular formula is C9H8N2O2. The Labute approximate surface area is 74.4 Å². The molecule has 4 heteroatoms. The maximum absolute atomic E-state index is 11.5. The third-order valence-corrected chi connectivity index (χ3v) is 1.80. The molecule has 0 saturated carbocycles. The van der Waals surface area contributed by atoms with Crippen LogP contribution in [-0.4, -0.2) is 9.72 Å². The molecule has 0 amide bonds. The van der Waals surface area contributed by atoms with Crippen LogP contribution in [0.5, 0.6) is 0 Å². The predicted octanol–water partition coefficient (Wildman–Crippen LogP) is 1.13. The van der Waals surface area contributed by atoms with Gasteiger partial charge in [0.15, 0.2) is 0 Å². The van der Waals surface area contributed by atoms with Gasteiger partial charge in [-0.05, 0) is 13.0 Å². The van der Waals surface area contributed by atoms with Crippen molar-refractivity contribution in [2.24, 2.45) is 0 Å². The van der Waals surface area contributed by atoms with E-state index in [9.17, 15) is 4.79 Å². The Hall–Kier alpha value is -1.84. The zero-order chi connectivity index (χ0) is 9.26. The number of hydrogen-bond acceptors (Lipinski definition) is 3. The molecule has 4 nitrogen and oxygen atoms in total. The van der Waals surface area contributed by atoms with E-state index in [4.69, 9.17) is 4.52 Å². The fourth-order valence-corrected chi connectivity index (χ4v) is 1.11. The summed E-state index contributed by atoms with van der Waals surface area (Å²) in [6.45, 7) is 1.76. The Kier molecular flexibility index (Phi) is 1.73. The van der Waals surface area contributed by atoms with Crippen molar-refractivity contribution in [3.8, 4) is 5.88 Å². The van der Waals surface area contributed by atoms with E-state index in [0.29, 0.717) is 11.4 Å². The molecule has 66 valence electrons. The number of nitrogens with zero attached hydrogens (tertiary/aromatic N) is 2. The van der Waals surface area contributed by atoms with E-state index in [1.807, 2.05) is 0 Å². The predicted molar refractivity (Wildman–Crippen MR) is 46.8 cm³/mol. The molecule has 0 unspecified atom stereocenters. The van der Waals surface area contributed by atoms with Crippen molar-refractivity contribution in [1.82, 2.24) is 9.72 Å². The highest BCUT2D eigenvalue weighted by molar-refractivity contribution is 5.20. The molecule has 0 bridgehead atoms. The normalized spacial score (nSPS) is 10.2. The van der Waals surface area contributed by atoms with Gasteiger partial charge in [0.2, 0.25) is 5.88 Å². The lowest BCUT2D eigenvalue weighted by atomic mass is 10.3. The fraction of sp³-hybridized carbons (Fsp3) is 0.111. The smallest absolute Gasteiger partial charge is 0.260 e. The van der Waals surface area contributed by atoms with Crippen molar-refractivity contribution >= 4 is 0 Å². The molecule has 2 rings (SSSR count). The van der Waals surface area contributed by atoms with E-state index < -0.39 is 0 Å². The Morgan fingerprint density at radius 3 is 3.00 bits per heavy atom. The zero-order valence-electron chi connectivity index (χ0n) is 7.10. The van der Waals surface area contributed by atoms with Gasteiger partial charge in [-0.2, -0.15) is 0 Å². The van der Waals surface area contributed by atoms with Gasteiger partial charge in [0.1, 0.15) is 0 Å². The quantitative estimate of drug-likeness (QED) is 0.654. The molecule has 2 aromatic heterocycles. The minimum Gasteiger partial charge on any atom is -0.338 e. The highest BCUT2D eigenvalue weighted by Crippen LogP contribution is 2.02. The first kappa shape index (κ1) is 7.79. The van der Waals surface area contributed by atoms with E-state index in [-0.39, 0.29) is 5.56 Å². The minimum atomic E-state index is -0.0840. The molecular weight excluding hydrogens is 168 g/mol. The Morgan fingerprint density at radius 1 is 1.46 bits per heavy atom. The summed E-state index contributed by atoms with van der Waals surface area (Å²) in [5, 5.41) is 3.53. The molecule has 13 heavy (non-hydrogen) atoms. The van der Waals surface area contributed by atoms with Gasteiger partial charge in [-0.3, -0.25) is 9.36 Å². The topological polar surface area (TPSA) is 48.0 Å². The molecule has 0 N–H and O–H groups in total. The number of hydrogen-bond donors (Lipinski definition) is 0.